The van der Waals surface area contributed by atoms with Crippen LogP contribution in [0.3, 0.4) is 0 Å². The van der Waals surface area contributed by atoms with Crippen molar-refractivity contribution in [1.82, 2.24) is 20.9 Å². The van der Waals surface area contributed by atoms with Crippen LogP contribution in [-0.2, 0) is 48.0 Å². The van der Waals surface area contributed by atoms with E-state index in [9.17, 15) is 29.1 Å². The van der Waals surface area contributed by atoms with Gasteiger partial charge in [0.25, 0.3) is 0 Å². The van der Waals surface area contributed by atoms with E-state index in [0.29, 0.717) is 0 Å². The van der Waals surface area contributed by atoms with Gasteiger partial charge in [0.1, 0.15) is 29.8 Å². The number of carboxylic acid groups (broad SMARTS) is 1. The second-order valence-corrected chi connectivity index (χ2v) is 18.9. The number of carboxylic acids is 1. The van der Waals surface area contributed by atoms with Crippen molar-refractivity contribution < 1.29 is 33.8 Å². The number of hydrogen-bond donors (Lipinski definition) is 4. The van der Waals surface area contributed by atoms with Crippen molar-refractivity contribution in [2.75, 3.05) is 5.75 Å². The van der Waals surface area contributed by atoms with Gasteiger partial charge in [-0.15, -0.1) is 23.1 Å². The molecule has 4 atom stereocenters. The second-order valence-electron chi connectivity index (χ2n) is 16.7. The third-order valence-electron chi connectivity index (χ3n) is 10.7. The number of ether oxygens (including phenoxy) is 1. The number of hydrogen-bond acceptors (Lipinski definition) is 8. The summed E-state index contributed by atoms with van der Waals surface area (Å²) in [6.45, 7) is 8.87. The Kier molecular flexibility index (Phi) is 14.9. The lowest BCUT2D eigenvalue weighted by Gasteiger charge is -2.39. The summed E-state index contributed by atoms with van der Waals surface area (Å²) in [4.78, 5) is 71.9. The number of carbonyl (C=O) groups excluding carboxylic acids is 4. The van der Waals surface area contributed by atoms with Gasteiger partial charge < -0.3 is 30.7 Å². The molecule has 1 aliphatic rings. The fourth-order valence-corrected chi connectivity index (χ4v) is 9.95. The molecule has 0 bridgehead atoms. The van der Waals surface area contributed by atoms with Crippen LogP contribution in [0.2, 0.25) is 0 Å². The van der Waals surface area contributed by atoms with Gasteiger partial charge in [0, 0.05) is 30.0 Å². The van der Waals surface area contributed by atoms with E-state index in [1.165, 1.54) is 28.0 Å². The molecule has 0 saturated heterocycles. The number of thioether (sulfide) groups is 1. The number of aliphatic carboxylic acids is 1. The minimum absolute atomic E-state index is 0.0612. The first kappa shape index (κ1) is 45.6. The van der Waals surface area contributed by atoms with Gasteiger partial charge in [-0.1, -0.05) is 135 Å². The van der Waals surface area contributed by atoms with Crippen molar-refractivity contribution in [3.63, 3.8) is 0 Å². The van der Waals surface area contributed by atoms with Crippen LogP contribution < -0.4 is 16.0 Å². The fourth-order valence-electron chi connectivity index (χ4n) is 7.64. The van der Waals surface area contributed by atoms with E-state index in [2.05, 4.69) is 16.0 Å². The minimum atomic E-state index is -1.22. The number of nitrogens with one attached hydrogen (secondary N) is 3. The van der Waals surface area contributed by atoms with E-state index in [1.807, 2.05) is 133 Å². The zero-order valence-electron chi connectivity index (χ0n) is 35.6. The summed E-state index contributed by atoms with van der Waals surface area (Å²) < 4.78 is 4.83. The third-order valence-corrected chi connectivity index (χ3v) is 13.2. The normalized spacial score (nSPS) is 15.4. The van der Waals surface area contributed by atoms with Crippen LogP contribution in [0.1, 0.15) is 67.3 Å². The van der Waals surface area contributed by atoms with E-state index in [4.69, 9.17) is 4.74 Å². The molecule has 11 nitrogen and oxygen atoms in total. The van der Waals surface area contributed by atoms with Crippen molar-refractivity contribution in [2.24, 2.45) is 5.92 Å². The molecule has 4 amide bonds. The number of fused-ring (bicyclic) bond motifs is 1. The first-order valence-corrected chi connectivity index (χ1v) is 22.6. The van der Waals surface area contributed by atoms with Gasteiger partial charge >= 0.3 is 12.1 Å². The molecular weight excluding hydrogens is 821 g/mol. The van der Waals surface area contributed by atoms with Gasteiger partial charge in [-0.25, -0.2) is 9.59 Å². The number of carbonyl (C=O) groups is 5. The van der Waals surface area contributed by atoms with Crippen molar-refractivity contribution >= 4 is 52.9 Å². The number of rotatable bonds is 16. The Bertz CT molecular complexity index is 2200. The minimum Gasteiger partial charge on any atom is -0.480 e. The molecule has 1 aliphatic heterocycles. The van der Waals surface area contributed by atoms with E-state index >= 15 is 0 Å². The van der Waals surface area contributed by atoms with Crippen LogP contribution in [0.5, 0.6) is 0 Å². The highest BCUT2D eigenvalue weighted by Gasteiger charge is 2.42. The van der Waals surface area contributed by atoms with Crippen LogP contribution >= 0.6 is 23.1 Å². The van der Waals surface area contributed by atoms with E-state index in [1.54, 1.807) is 34.6 Å². The van der Waals surface area contributed by atoms with Crippen LogP contribution in [0.4, 0.5) is 4.79 Å². The van der Waals surface area contributed by atoms with Gasteiger partial charge in [-0.2, -0.15) is 0 Å². The molecule has 4 N–H and O–H groups in total. The molecule has 6 rings (SSSR count). The topological polar surface area (TPSA) is 154 Å². The van der Waals surface area contributed by atoms with Gasteiger partial charge in [0.15, 0.2) is 0 Å². The summed E-state index contributed by atoms with van der Waals surface area (Å²) in [6.07, 6.45) is -0.557. The summed E-state index contributed by atoms with van der Waals surface area (Å²) in [5, 5.41) is 20.4. The fraction of sp³-hybridized carbons (Fsp3) is 0.327. The Morgan fingerprint density at radius 3 is 1.79 bits per heavy atom. The first-order chi connectivity index (χ1) is 29.7. The molecule has 4 aromatic carbocycles. The standard InChI is InChI=1S/C49H54N4O7S2/c1-32(2)42(45(56)53-30-34-19-16-15-18-33(34)28-41(53)44(55)50-39(46(57)58)29-38-26-17-27-61-38)52-43(54)40(51-47(59)60-48(3,4)5)31-62-49(35-20-9-6-10-21-35,36-22-11-7-12-23-36)37-24-13-8-14-25-37/h6-27,32,39-42H,28-31H2,1-5H3,(H,50,55)(H,51,59)(H,52,54)(H,57,58)/t39-,40+,41?,42+/m1/s1. The average Bonchev–Trinajstić information content (AvgIpc) is 3.78. The Balaban J connectivity index is 1.32. The van der Waals surface area contributed by atoms with Gasteiger partial charge in [0.05, 0.1) is 4.75 Å². The second kappa shape index (κ2) is 20.3. The molecule has 324 valence electrons. The SMILES string of the molecule is CC(C)[C@H](NC(=O)[C@H](CSC(c1ccccc1)(c1ccccc1)c1ccccc1)NC(=O)OC(C)(C)C)C(=O)N1Cc2ccccc2CC1C(=O)N[C@H](Cc1cccs1)C(=O)O. The summed E-state index contributed by atoms with van der Waals surface area (Å²) in [6, 6.07) is 36.4. The molecule has 0 radical (unpaired) electrons. The molecule has 0 fully saturated rings. The van der Waals surface area contributed by atoms with E-state index in [0.717, 1.165) is 32.7 Å². The predicted octanol–water partition coefficient (Wildman–Crippen LogP) is 7.57. The lowest BCUT2D eigenvalue weighted by molar-refractivity contribution is -0.147. The summed E-state index contributed by atoms with van der Waals surface area (Å²) >= 11 is 2.87. The maximum absolute atomic E-state index is 14.9. The lowest BCUT2D eigenvalue weighted by atomic mass is 9.84. The Morgan fingerprint density at radius 2 is 1.29 bits per heavy atom. The maximum Gasteiger partial charge on any atom is 0.408 e. The quantitative estimate of drug-likeness (QED) is 0.0741. The summed E-state index contributed by atoms with van der Waals surface area (Å²) in [5.41, 5.74) is 3.73. The molecule has 0 aliphatic carbocycles. The van der Waals surface area contributed by atoms with Crippen molar-refractivity contribution in [3.05, 3.63) is 165 Å². The number of alkyl carbamates (subject to hydrolysis) is 1. The predicted molar refractivity (Wildman–Crippen MR) is 244 cm³/mol. The van der Waals surface area contributed by atoms with Gasteiger partial charge in [-0.3, -0.25) is 14.4 Å². The number of benzene rings is 4. The Hall–Kier alpha value is -5.92. The molecule has 1 aromatic heterocycles. The lowest BCUT2D eigenvalue weighted by Crippen LogP contribution is -2.62. The van der Waals surface area contributed by atoms with Crippen molar-refractivity contribution in [3.8, 4) is 0 Å². The molecule has 0 saturated carbocycles. The van der Waals surface area contributed by atoms with E-state index in [-0.39, 0.29) is 25.1 Å². The van der Waals surface area contributed by atoms with Crippen LogP contribution in [-0.4, -0.2) is 75.3 Å². The highest BCUT2D eigenvalue weighted by atomic mass is 32.2. The highest BCUT2D eigenvalue weighted by Crippen LogP contribution is 2.48. The average molecular weight is 875 g/mol. The zero-order chi connectivity index (χ0) is 44.4. The summed E-state index contributed by atoms with van der Waals surface area (Å²) in [5.74, 6) is -3.31. The smallest absolute Gasteiger partial charge is 0.408 e. The number of amides is 4. The summed E-state index contributed by atoms with van der Waals surface area (Å²) in [7, 11) is 0. The monoisotopic (exact) mass is 874 g/mol. The van der Waals surface area contributed by atoms with Gasteiger partial charge in [-0.05, 0) is 66.0 Å². The molecule has 5 aromatic rings. The largest absolute Gasteiger partial charge is 0.480 e. The number of thiophene rings is 1. The van der Waals surface area contributed by atoms with Crippen LogP contribution in [0, 0.1) is 5.92 Å². The molecular formula is C49H54N4O7S2. The molecule has 2 heterocycles. The highest BCUT2D eigenvalue weighted by molar-refractivity contribution is 8.00. The molecule has 0 spiro atoms. The molecule has 13 heteroatoms. The van der Waals surface area contributed by atoms with Crippen LogP contribution in [0.15, 0.2) is 133 Å². The Labute approximate surface area is 371 Å². The van der Waals surface area contributed by atoms with E-state index < -0.39 is 70.2 Å². The maximum atomic E-state index is 14.9. The molecule has 1 unspecified atom stereocenters. The zero-order valence-corrected chi connectivity index (χ0v) is 37.2. The third kappa shape index (κ3) is 11.1. The molecule has 62 heavy (non-hydrogen) atoms. The number of nitrogens with zero attached hydrogens (tertiary/aromatic N) is 1. The van der Waals surface area contributed by atoms with Crippen molar-refractivity contribution in [1.29, 1.82) is 0 Å². The van der Waals surface area contributed by atoms with Crippen molar-refractivity contribution in [2.45, 2.75) is 88.5 Å². The Morgan fingerprint density at radius 1 is 0.742 bits per heavy atom. The first-order valence-electron chi connectivity index (χ1n) is 20.7. The van der Waals surface area contributed by atoms with Gasteiger partial charge in [0.2, 0.25) is 17.7 Å². The van der Waals surface area contributed by atoms with Crippen LogP contribution in [0.25, 0.3) is 0 Å².